The summed E-state index contributed by atoms with van der Waals surface area (Å²) >= 11 is 0. The molecule has 7 heteroatoms. The van der Waals surface area contributed by atoms with Gasteiger partial charge >= 0.3 is 12.4 Å². The Morgan fingerprint density at radius 1 is 0.556 bits per heavy atom. The molecule has 1 nitrogen and oxygen atoms in total. The van der Waals surface area contributed by atoms with Crippen molar-refractivity contribution in [2.45, 2.75) is 12.4 Å². The molecule has 2 radical (unpaired) electrons. The minimum Gasteiger partial charge on any atom is -0.162 e. The van der Waals surface area contributed by atoms with Gasteiger partial charge in [0.1, 0.15) is 0 Å². The van der Waals surface area contributed by atoms with Crippen molar-refractivity contribution in [3.05, 3.63) is 0 Å². The van der Waals surface area contributed by atoms with E-state index in [1.165, 1.54) is 0 Å². The van der Waals surface area contributed by atoms with Crippen molar-refractivity contribution in [2.75, 3.05) is 0 Å². The van der Waals surface area contributed by atoms with E-state index in [1.54, 1.807) is 0 Å². The van der Waals surface area contributed by atoms with Crippen molar-refractivity contribution in [1.82, 2.24) is 0 Å². The van der Waals surface area contributed by atoms with E-state index in [-0.39, 0.29) is 5.48 Å². The van der Waals surface area contributed by atoms with Crippen LogP contribution in [0.25, 0.3) is 0 Å². The zero-order chi connectivity index (χ0) is 7.00. The Morgan fingerprint density at radius 3 is 0.667 bits per heavy atom. The predicted octanol–water partition coefficient (Wildman–Crippen LogP) is 1.99. The van der Waals surface area contributed by atoms with E-state index < -0.39 is 12.4 Å². The molecule has 0 bridgehead atoms. The highest BCUT2D eigenvalue weighted by Crippen LogP contribution is 2.35. The lowest BCUT2D eigenvalue weighted by atomic mass is 10.7. The van der Waals surface area contributed by atoms with Crippen LogP contribution in [-0.4, -0.2) is 12.4 Å². The van der Waals surface area contributed by atoms with Gasteiger partial charge in [0.25, 0.3) is 0 Å². The van der Waals surface area contributed by atoms with Gasteiger partial charge in [-0.1, -0.05) is 0 Å². The van der Waals surface area contributed by atoms with Crippen LogP contribution in [0, 0.1) is 0 Å². The number of alkyl halides is 6. The average Bonchev–Trinajstić information content (AvgIpc) is 1.25. The Kier molecular flexibility index (Phi) is 3.05. The van der Waals surface area contributed by atoms with Crippen LogP contribution in [0.5, 0.6) is 0 Å². The number of rotatable bonds is 0. The first-order valence-corrected chi connectivity index (χ1v) is 1.38. The molecule has 0 unspecified atom stereocenters. The predicted molar refractivity (Wildman–Crippen MR) is 12.8 cm³/mol. The van der Waals surface area contributed by atoms with Gasteiger partial charge in [0.15, 0.2) is 0 Å². The molecule has 0 aromatic carbocycles. The third kappa shape index (κ3) is 3.17. The van der Waals surface area contributed by atoms with E-state index in [4.69, 9.17) is 0 Å². The molecule has 0 atom stereocenters. The van der Waals surface area contributed by atoms with Gasteiger partial charge < -0.3 is 0 Å². The third-order valence-corrected chi connectivity index (χ3v) is 0.321. The molecule has 9 heavy (non-hydrogen) atoms. The van der Waals surface area contributed by atoms with Gasteiger partial charge in [-0.25, -0.2) is 0 Å². The second-order valence-electron chi connectivity index (χ2n) is 0.996. The maximum atomic E-state index is 10.4. The van der Waals surface area contributed by atoms with Crippen molar-refractivity contribution in [2.24, 2.45) is 0 Å². The largest absolute Gasteiger partial charge is 0.487 e. The topological polar surface area (TPSA) is 28.5 Å². The van der Waals surface area contributed by atoms with Crippen LogP contribution in [0.4, 0.5) is 26.3 Å². The normalized spacial score (nSPS) is 12.7. The molecule has 0 heterocycles. The van der Waals surface area contributed by atoms with E-state index >= 15 is 0 Å². The van der Waals surface area contributed by atoms with Crippen molar-refractivity contribution in [3.63, 3.8) is 0 Å². The molecule has 0 amide bonds. The van der Waals surface area contributed by atoms with Crippen molar-refractivity contribution < 1.29 is 31.8 Å². The molecule has 0 N–H and O–H groups in total. The summed E-state index contributed by atoms with van der Waals surface area (Å²) in [6, 6.07) is 0. The van der Waals surface area contributed by atoms with Crippen LogP contribution in [0.3, 0.4) is 0 Å². The summed E-state index contributed by atoms with van der Waals surface area (Å²) in [6.45, 7) is 0. The molecule has 0 aromatic heterocycles. The second kappa shape index (κ2) is 2.42. The molecule has 0 saturated heterocycles. The molecule has 0 aliphatic rings. The molecule has 0 aromatic rings. The van der Waals surface area contributed by atoms with Crippen LogP contribution in [0.15, 0.2) is 0 Å². The fraction of sp³-hybridized carbons (Fsp3) is 1.00. The Morgan fingerprint density at radius 2 is 0.667 bits per heavy atom. The van der Waals surface area contributed by atoms with Gasteiger partial charge in [-0.05, 0) is 0 Å². The molecule has 0 rings (SSSR count). The highest BCUT2D eigenvalue weighted by atomic mass is 19.5. The lowest BCUT2D eigenvalue weighted by Crippen LogP contribution is -2.30. The first-order chi connectivity index (χ1) is 3.25. The summed E-state index contributed by atoms with van der Waals surface area (Å²) < 4.78 is 62.6. The quantitative estimate of drug-likeness (QED) is 0.477. The number of hydrogen-bond donors (Lipinski definition) is 0. The van der Waals surface area contributed by atoms with Gasteiger partial charge in [-0.15, -0.1) is 0 Å². The second-order valence-corrected chi connectivity index (χ2v) is 0.996. The highest BCUT2D eigenvalue weighted by molar-refractivity contribution is 4.59. The summed E-state index contributed by atoms with van der Waals surface area (Å²) in [6.07, 6.45) is -12.1. The maximum Gasteiger partial charge on any atom is 0.487 e. The lowest BCUT2D eigenvalue weighted by molar-refractivity contribution is -0.339. The van der Waals surface area contributed by atoms with E-state index in [9.17, 15) is 26.3 Å². The summed E-state index contributed by atoms with van der Waals surface area (Å²) in [7, 11) is 0. The first kappa shape index (κ1) is 11.4. The van der Waals surface area contributed by atoms with Crippen molar-refractivity contribution in [1.29, 1.82) is 0 Å². The molecule has 0 saturated carbocycles. The Labute approximate surface area is 45.6 Å². The zero-order valence-electron chi connectivity index (χ0n) is 3.68. The van der Waals surface area contributed by atoms with E-state index in [2.05, 4.69) is 0 Å². The molecule has 0 spiro atoms. The summed E-state index contributed by atoms with van der Waals surface area (Å²) in [5, 5.41) is 0. The molecule has 0 aliphatic carbocycles. The fourth-order valence-electron chi connectivity index (χ4n) is 0. The van der Waals surface area contributed by atoms with Gasteiger partial charge in [-0.2, -0.15) is 26.3 Å². The minimum atomic E-state index is -6.06. The van der Waals surface area contributed by atoms with Crippen LogP contribution in [-0.2, 0) is 5.48 Å². The molecule has 0 fully saturated rings. The molecule has 56 valence electrons. The SMILES string of the molecule is FC(F)(F)C(F)(F)F.[O]. The molecular formula is C2F6O. The third-order valence-electron chi connectivity index (χ3n) is 0.321. The smallest absolute Gasteiger partial charge is 0.162 e. The Hall–Kier alpha value is -0.460. The molecule has 0 aliphatic heterocycles. The Balaban J connectivity index is 0. The van der Waals surface area contributed by atoms with Gasteiger partial charge in [0.2, 0.25) is 0 Å². The first-order valence-electron chi connectivity index (χ1n) is 1.38. The van der Waals surface area contributed by atoms with Crippen LogP contribution in [0.1, 0.15) is 0 Å². The van der Waals surface area contributed by atoms with Crippen molar-refractivity contribution >= 4 is 0 Å². The van der Waals surface area contributed by atoms with Gasteiger partial charge in [0, 0.05) is 5.48 Å². The fourth-order valence-corrected chi connectivity index (χ4v) is 0. The minimum absolute atomic E-state index is 0. The standard InChI is InChI=1S/C2F6.O/c3-1(4,5)2(6,7)8;. The average molecular weight is 154 g/mol. The van der Waals surface area contributed by atoms with Crippen LogP contribution >= 0.6 is 0 Å². The van der Waals surface area contributed by atoms with E-state index in [0.717, 1.165) is 0 Å². The van der Waals surface area contributed by atoms with E-state index in [0.29, 0.717) is 0 Å². The van der Waals surface area contributed by atoms with Gasteiger partial charge in [0.05, 0.1) is 0 Å². The van der Waals surface area contributed by atoms with Crippen LogP contribution in [0.2, 0.25) is 0 Å². The molecular weight excluding hydrogens is 154 g/mol. The summed E-state index contributed by atoms with van der Waals surface area (Å²) in [4.78, 5) is 0. The van der Waals surface area contributed by atoms with Crippen LogP contribution < -0.4 is 0 Å². The summed E-state index contributed by atoms with van der Waals surface area (Å²) in [5.41, 5.74) is 0. The monoisotopic (exact) mass is 154 g/mol. The zero-order valence-corrected chi connectivity index (χ0v) is 3.68. The lowest BCUT2D eigenvalue weighted by Gasteiger charge is -2.08. The number of hydrogen-bond acceptors (Lipinski definition) is 0. The van der Waals surface area contributed by atoms with E-state index in [1.807, 2.05) is 0 Å². The van der Waals surface area contributed by atoms with Gasteiger partial charge in [-0.3, -0.25) is 0 Å². The number of halogens is 6. The Bertz CT molecular complexity index is 66.0. The summed E-state index contributed by atoms with van der Waals surface area (Å²) in [5.74, 6) is 0. The van der Waals surface area contributed by atoms with Crippen molar-refractivity contribution in [3.8, 4) is 0 Å². The maximum absolute atomic E-state index is 10.4. The highest BCUT2D eigenvalue weighted by Gasteiger charge is 2.58.